The first kappa shape index (κ1) is 15.3. The van der Waals surface area contributed by atoms with Crippen LogP contribution in [-0.4, -0.2) is 17.1 Å². The highest BCUT2D eigenvalue weighted by molar-refractivity contribution is 9.10. The Bertz CT molecular complexity index is 683. The van der Waals surface area contributed by atoms with Crippen LogP contribution in [0.4, 0.5) is 0 Å². The first-order valence-corrected chi connectivity index (χ1v) is 7.78. The van der Waals surface area contributed by atoms with E-state index in [9.17, 15) is 4.79 Å². The third-order valence-corrected chi connectivity index (χ3v) is 4.15. The summed E-state index contributed by atoms with van der Waals surface area (Å²) in [4.78, 5) is 19.3. The molecule has 0 saturated carbocycles. The number of halogens is 2. The molecular formula is C14H14Br2N2O2. The van der Waals surface area contributed by atoms with Crippen LogP contribution in [0.5, 0.6) is 5.75 Å². The second-order valence-corrected chi connectivity index (χ2v) is 5.98. The summed E-state index contributed by atoms with van der Waals surface area (Å²) in [5, 5.41) is 0. The highest BCUT2D eigenvalue weighted by Crippen LogP contribution is 2.30. The Morgan fingerprint density at radius 1 is 1.35 bits per heavy atom. The molecule has 0 aliphatic rings. The first-order chi connectivity index (χ1) is 9.56. The molecule has 2 aromatic rings. The average molecular weight is 402 g/mol. The van der Waals surface area contributed by atoms with Gasteiger partial charge in [0.15, 0.2) is 0 Å². The molecule has 0 aliphatic heterocycles. The number of benzene rings is 1. The average Bonchev–Trinajstić information content (AvgIpc) is 2.43. The van der Waals surface area contributed by atoms with Gasteiger partial charge in [0.1, 0.15) is 16.0 Å². The van der Waals surface area contributed by atoms with Gasteiger partial charge in [-0.15, -0.1) is 0 Å². The quantitative estimate of drug-likeness (QED) is 0.844. The fraction of sp³-hybridized carbons (Fsp3) is 0.286. The molecule has 0 atom stereocenters. The molecule has 0 aliphatic carbocycles. The zero-order valence-corrected chi connectivity index (χ0v) is 14.3. The molecule has 0 saturated heterocycles. The van der Waals surface area contributed by atoms with Crippen molar-refractivity contribution in [1.29, 1.82) is 0 Å². The van der Waals surface area contributed by atoms with Gasteiger partial charge in [0.25, 0.3) is 5.56 Å². The lowest BCUT2D eigenvalue weighted by Crippen LogP contribution is -2.14. The van der Waals surface area contributed by atoms with Crippen LogP contribution in [0.2, 0.25) is 0 Å². The maximum Gasteiger partial charge on any atom is 0.265 e. The fourth-order valence-corrected chi connectivity index (χ4v) is 2.65. The number of aryl methyl sites for hydroxylation is 1. The Balaban J connectivity index is 2.64. The van der Waals surface area contributed by atoms with Crippen molar-refractivity contribution in [2.24, 2.45) is 0 Å². The molecule has 0 radical (unpaired) electrons. The van der Waals surface area contributed by atoms with E-state index < -0.39 is 0 Å². The molecule has 6 heteroatoms. The van der Waals surface area contributed by atoms with Gasteiger partial charge in [-0.05, 0) is 40.5 Å². The number of nitrogens with zero attached hydrogens (tertiary/aromatic N) is 1. The summed E-state index contributed by atoms with van der Waals surface area (Å²) in [6.45, 7) is 2.05. The number of aromatic nitrogens is 2. The number of methoxy groups -OCH3 is 1. The Hall–Kier alpha value is -1.14. The highest BCUT2D eigenvalue weighted by atomic mass is 79.9. The summed E-state index contributed by atoms with van der Waals surface area (Å²) in [5.74, 6) is 1.18. The number of nitrogens with one attached hydrogen (secondary N) is 1. The van der Waals surface area contributed by atoms with E-state index in [1.807, 2.05) is 18.2 Å². The van der Waals surface area contributed by atoms with E-state index in [1.54, 1.807) is 7.11 Å². The Morgan fingerprint density at radius 3 is 2.75 bits per heavy atom. The third kappa shape index (κ3) is 3.12. The molecule has 1 aromatic heterocycles. The molecule has 0 amide bonds. The summed E-state index contributed by atoms with van der Waals surface area (Å²) >= 11 is 6.71. The second-order valence-electron chi connectivity index (χ2n) is 4.27. The van der Waals surface area contributed by atoms with E-state index >= 15 is 0 Å². The van der Waals surface area contributed by atoms with E-state index in [4.69, 9.17) is 4.74 Å². The standard InChI is InChI=1S/C14H14Br2N2O2/c1-3-4-10-12(16)14(19)18-13(17-10)9-7-8(15)5-6-11(9)20-2/h5-7H,3-4H2,1-2H3,(H,17,18,19). The molecule has 20 heavy (non-hydrogen) atoms. The minimum atomic E-state index is -0.180. The molecule has 106 valence electrons. The maximum atomic E-state index is 12.0. The molecule has 0 fully saturated rings. The number of hydrogen-bond acceptors (Lipinski definition) is 3. The van der Waals surface area contributed by atoms with Crippen LogP contribution in [0.3, 0.4) is 0 Å². The maximum absolute atomic E-state index is 12.0. The normalized spacial score (nSPS) is 10.6. The van der Waals surface area contributed by atoms with Crippen molar-refractivity contribution in [3.63, 3.8) is 0 Å². The van der Waals surface area contributed by atoms with Gasteiger partial charge >= 0.3 is 0 Å². The topological polar surface area (TPSA) is 55.0 Å². The lowest BCUT2D eigenvalue weighted by atomic mass is 10.1. The zero-order chi connectivity index (χ0) is 14.7. The van der Waals surface area contributed by atoms with E-state index in [0.717, 1.165) is 28.6 Å². The first-order valence-electron chi connectivity index (χ1n) is 6.19. The minimum absolute atomic E-state index is 0.180. The van der Waals surface area contributed by atoms with Crippen molar-refractivity contribution in [1.82, 2.24) is 9.97 Å². The number of hydrogen-bond donors (Lipinski definition) is 1. The lowest BCUT2D eigenvalue weighted by molar-refractivity contribution is 0.416. The van der Waals surface area contributed by atoms with Crippen molar-refractivity contribution in [3.05, 3.63) is 43.2 Å². The minimum Gasteiger partial charge on any atom is -0.496 e. The van der Waals surface area contributed by atoms with Gasteiger partial charge < -0.3 is 9.72 Å². The van der Waals surface area contributed by atoms with E-state index in [0.29, 0.717) is 16.0 Å². The SMILES string of the molecule is CCCc1nc(-c2cc(Br)ccc2OC)[nH]c(=O)c1Br. The largest absolute Gasteiger partial charge is 0.496 e. The smallest absolute Gasteiger partial charge is 0.265 e. The summed E-state index contributed by atoms with van der Waals surface area (Å²) < 4.78 is 6.73. The second kappa shape index (κ2) is 6.54. The monoisotopic (exact) mass is 400 g/mol. The summed E-state index contributed by atoms with van der Waals surface area (Å²) in [6, 6.07) is 5.59. The number of rotatable bonds is 4. The fourth-order valence-electron chi connectivity index (χ4n) is 1.90. The van der Waals surface area contributed by atoms with Crippen LogP contribution in [-0.2, 0) is 6.42 Å². The predicted molar refractivity (Wildman–Crippen MR) is 86.2 cm³/mol. The van der Waals surface area contributed by atoms with Crippen molar-refractivity contribution in [2.75, 3.05) is 7.11 Å². The lowest BCUT2D eigenvalue weighted by Gasteiger charge is -2.10. The van der Waals surface area contributed by atoms with Crippen molar-refractivity contribution >= 4 is 31.9 Å². The molecule has 1 N–H and O–H groups in total. The molecule has 0 unspecified atom stereocenters. The summed E-state index contributed by atoms with van der Waals surface area (Å²) in [7, 11) is 1.59. The van der Waals surface area contributed by atoms with Gasteiger partial charge in [0, 0.05) is 4.47 Å². The molecule has 1 aromatic carbocycles. The number of ether oxygens (including phenoxy) is 1. The Labute approximate surface area is 133 Å². The van der Waals surface area contributed by atoms with Gasteiger partial charge in [-0.2, -0.15) is 0 Å². The van der Waals surface area contributed by atoms with E-state index in [-0.39, 0.29) is 5.56 Å². The molecule has 2 rings (SSSR count). The zero-order valence-electron chi connectivity index (χ0n) is 11.2. The molecule has 4 nitrogen and oxygen atoms in total. The van der Waals surface area contributed by atoms with E-state index in [1.165, 1.54) is 0 Å². The van der Waals surface area contributed by atoms with Crippen LogP contribution in [0, 0.1) is 0 Å². The van der Waals surface area contributed by atoms with Crippen molar-refractivity contribution < 1.29 is 4.74 Å². The summed E-state index contributed by atoms with van der Waals surface area (Å²) in [5.41, 5.74) is 1.33. The van der Waals surface area contributed by atoms with Crippen molar-refractivity contribution in [3.8, 4) is 17.1 Å². The van der Waals surface area contributed by atoms with Gasteiger partial charge in [0.2, 0.25) is 0 Å². The van der Waals surface area contributed by atoms with Gasteiger partial charge in [-0.25, -0.2) is 4.98 Å². The highest BCUT2D eigenvalue weighted by Gasteiger charge is 2.13. The molecular weight excluding hydrogens is 388 g/mol. The number of H-pyrrole nitrogens is 1. The van der Waals surface area contributed by atoms with Crippen LogP contribution >= 0.6 is 31.9 Å². The van der Waals surface area contributed by atoms with Crippen LogP contribution < -0.4 is 10.3 Å². The molecule has 1 heterocycles. The van der Waals surface area contributed by atoms with Crippen LogP contribution in [0.15, 0.2) is 31.9 Å². The van der Waals surface area contributed by atoms with Gasteiger partial charge in [-0.1, -0.05) is 29.3 Å². The van der Waals surface area contributed by atoms with Gasteiger partial charge in [0.05, 0.1) is 18.4 Å². The summed E-state index contributed by atoms with van der Waals surface area (Å²) in [6.07, 6.45) is 1.66. The molecule has 0 spiro atoms. The Morgan fingerprint density at radius 2 is 2.10 bits per heavy atom. The van der Waals surface area contributed by atoms with Crippen LogP contribution in [0.1, 0.15) is 19.0 Å². The van der Waals surface area contributed by atoms with Crippen LogP contribution in [0.25, 0.3) is 11.4 Å². The van der Waals surface area contributed by atoms with E-state index in [2.05, 4.69) is 48.8 Å². The predicted octanol–water partition coefficient (Wildman–Crippen LogP) is 3.92. The van der Waals surface area contributed by atoms with Gasteiger partial charge in [-0.3, -0.25) is 4.79 Å². The Kier molecular flexibility index (Phi) is 4.99. The third-order valence-electron chi connectivity index (χ3n) is 2.83. The number of aromatic amines is 1. The molecule has 0 bridgehead atoms. The van der Waals surface area contributed by atoms with Crippen molar-refractivity contribution in [2.45, 2.75) is 19.8 Å².